The molecule has 1 saturated heterocycles. The second-order valence-electron chi connectivity index (χ2n) is 6.82. The lowest BCUT2D eigenvalue weighted by Crippen LogP contribution is -2.33. The summed E-state index contributed by atoms with van der Waals surface area (Å²) in [6, 6.07) is 7.57. The predicted octanol–water partition coefficient (Wildman–Crippen LogP) is 3.11. The summed E-state index contributed by atoms with van der Waals surface area (Å²) >= 11 is 6.28. The number of hydrogen-bond acceptors (Lipinski definition) is 4. The molecule has 0 radical (unpaired) electrons. The number of hydrogen-bond donors (Lipinski definition) is 1. The Morgan fingerprint density at radius 3 is 2.88 bits per heavy atom. The average Bonchev–Trinajstić information content (AvgIpc) is 3.24. The highest BCUT2D eigenvalue weighted by Crippen LogP contribution is 2.39. The quantitative estimate of drug-likeness (QED) is 0.907. The zero-order chi connectivity index (χ0) is 16.8. The van der Waals surface area contributed by atoms with Gasteiger partial charge < -0.3 is 15.2 Å². The van der Waals surface area contributed by atoms with Crippen molar-refractivity contribution in [1.29, 1.82) is 0 Å². The topological polar surface area (TPSA) is 72.4 Å². The van der Waals surface area contributed by atoms with Gasteiger partial charge in [0.1, 0.15) is 17.0 Å². The normalized spacial score (nSPS) is 26.0. The molecule has 2 fully saturated rings. The second-order valence-corrected chi connectivity index (χ2v) is 7.22. The molecular formula is C18H20ClN3O2. The molecule has 3 atom stereocenters. The van der Waals surface area contributed by atoms with Crippen LogP contribution in [0.25, 0.3) is 11.3 Å². The fourth-order valence-electron chi connectivity index (χ4n) is 4.09. The van der Waals surface area contributed by atoms with Crippen molar-refractivity contribution in [2.24, 2.45) is 17.6 Å². The molecule has 1 aromatic heterocycles. The van der Waals surface area contributed by atoms with Crippen LogP contribution >= 0.6 is 11.6 Å². The Hall–Kier alpha value is -1.85. The summed E-state index contributed by atoms with van der Waals surface area (Å²) in [5.74, 6) is 1.42. The number of nitrogens with zero attached hydrogens (tertiary/aromatic N) is 2. The van der Waals surface area contributed by atoms with Gasteiger partial charge in [-0.15, -0.1) is 0 Å². The maximum absolute atomic E-state index is 13.1. The van der Waals surface area contributed by atoms with Gasteiger partial charge in [-0.25, -0.2) is 0 Å². The van der Waals surface area contributed by atoms with Crippen LogP contribution in [0.1, 0.15) is 29.0 Å². The Labute approximate surface area is 145 Å². The van der Waals surface area contributed by atoms with E-state index >= 15 is 0 Å². The third-order valence-electron chi connectivity index (χ3n) is 5.41. The molecule has 126 valence electrons. The summed E-state index contributed by atoms with van der Waals surface area (Å²) in [4.78, 5) is 15.0. The molecule has 2 aliphatic rings. The smallest absolute Gasteiger partial charge is 0.259 e. The van der Waals surface area contributed by atoms with Crippen LogP contribution < -0.4 is 5.73 Å². The Bertz CT molecular complexity index is 788. The summed E-state index contributed by atoms with van der Waals surface area (Å²) in [6.45, 7) is 3.25. The number of benzene rings is 1. The molecule has 6 heteroatoms. The van der Waals surface area contributed by atoms with Gasteiger partial charge in [-0.1, -0.05) is 35.0 Å². The van der Waals surface area contributed by atoms with Crippen LogP contribution in [0.3, 0.4) is 0 Å². The van der Waals surface area contributed by atoms with Gasteiger partial charge in [-0.05, 0) is 37.7 Å². The minimum absolute atomic E-state index is 0.0368. The summed E-state index contributed by atoms with van der Waals surface area (Å²) in [7, 11) is 0. The Morgan fingerprint density at radius 2 is 2.12 bits per heavy atom. The molecule has 2 aromatic rings. The molecule has 2 N–H and O–H groups in total. The standard InChI is InChI=1S/C18H20ClN3O2/c1-10-16(17(21-24-10)12-4-2-3-5-14(12)19)18(23)22-8-11-6-7-15(20)13(11)9-22/h2-5,11,13,15H,6-9,20H2,1H3. The van der Waals surface area contributed by atoms with Gasteiger partial charge in [0.15, 0.2) is 0 Å². The minimum Gasteiger partial charge on any atom is -0.360 e. The number of halogens is 1. The van der Waals surface area contributed by atoms with Crippen LogP contribution in [0.2, 0.25) is 5.02 Å². The van der Waals surface area contributed by atoms with E-state index in [-0.39, 0.29) is 11.9 Å². The van der Waals surface area contributed by atoms with E-state index in [0.29, 0.717) is 33.9 Å². The van der Waals surface area contributed by atoms with E-state index in [0.717, 1.165) is 31.5 Å². The lowest BCUT2D eigenvalue weighted by atomic mass is 9.98. The second kappa shape index (κ2) is 5.90. The number of nitrogens with two attached hydrogens (primary N) is 1. The third kappa shape index (κ3) is 2.43. The van der Waals surface area contributed by atoms with Crippen molar-refractivity contribution in [3.63, 3.8) is 0 Å². The molecule has 0 bridgehead atoms. The fourth-order valence-corrected chi connectivity index (χ4v) is 4.32. The highest BCUT2D eigenvalue weighted by Gasteiger charge is 2.43. The van der Waals surface area contributed by atoms with Crippen molar-refractivity contribution in [3.8, 4) is 11.3 Å². The monoisotopic (exact) mass is 345 g/mol. The van der Waals surface area contributed by atoms with Crippen molar-refractivity contribution in [3.05, 3.63) is 40.6 Å². The molecule has 5 nitrogen and oxygen atoms in total. The molecule has 1 aliphatic heterocycles. The van der Waals surface area contributed by atoms with E-state index < -0.39 is 0 Å². The molecule has 24 heavy (non-hydrogen) atoms. The number of fused-ring (bicyclic) bond motifs is 1. The van der Waals surface area contributed by atoms with Gasteiger partial charge in [0, 0.05) is 24.7 Å². The zero-order valence-electron chi connectivity index (χ0n) is 13.5. The van der Waals surface area contributed by atoms with Crippen molar-refractivity contribution in [1.82, 2.24) is 10.1 Å². The molecular weight excluding hydrogens is 326 g/mol. The van der Waals surface area contributed by atoms with E-state index in [1.165, 1.54) is 0 Å². The number of rotatable bonds is 2. The molecule has 4 rings (SSSR count). The average molecular weight is 346 g/mol. The van der Waals surface area contributed by atoms with Gasteiger partial charge in [0.05, 0.1) is 5.02 Å². The first-order valence-corrected chi connectivity index (χ1v) is 8.70. The molecule has 3 unspecified atom stereocenters. The van der Waals surface area contributed by atoms with Gasteiger partial charge in [0.2, 0.25) is 0 Å². The van der Waals surface area contributed by atoms with E-state index in [1.54, 1.807) is 13.0 Å². The van der Waals surface area contributed by atoms with E-state index in [4.69, 9.17) is 21.9 Å². The molecule has 0 spiro atoms. The first-order chi connectivity index (χ1) is 11.6. The number of carbonyl (C=O) groups excluding carboxylic acids is 1. The van der Waals surface area contributed by atoms with E-state index in [2.05, 4.69) is 5.16 Å². The highest BCUT2D eigenvalue weighted by atomic mass is 35.5. The predicted molar refractivity (Wildman–Crippen MR) is 91.8 cm³/mol. The van der Waals surface area contributed by atoms with Gasteiger partial charge in [-0.2, -0.15) is 0 Å². The third-order valence-corrected chi connectivity index (χ3v) is 5.73. The molecule has 1 aromatic carbocycles. The maximum atomic E-state index is 13.1. The first kappa shape index (κ1) is 15.7. The Balaban J connectivity index is 1.67. The minimum atomic E-state index is -0.0368. The molecule has 1 amide bonds. The lowest BCUT2D eigenvalue weighted by Gasteiger charge is -2.19. The van der Waals surface area contributed by atoms with Gasteiger partial charge in [-0.3, -0.25) is 4.79 Å². The van der Waals surface area contributed by atoms with Crippen LogP contribution in [-0.2, 0) is 0 Å². The maximum Gasteiger partial charge on any atom is 0.259 e. The van der Waals surface area contributed by atoms with Crippen molar-refractivity contribution >= 4 is 17.5 Å². The SMILES string of the molecule is Cc1onc(-c2ccccc2Cl)c1C(=O)N1CC2CCC(N)C2C1. The summed E-state index contributed by atoms with van der Waals surface area (Å²) in [5.41, 5.74) is 7.93. The number of aryl methyl sites for hydroxylation is 1. The van der Waals surface area contributed by atoms with E-state index in [1.807, 2.05) is 23.1 Å². The van der Waals surface area contributed by atoms with Gasteiger partial charge in [0.25, 0.3) is 5.91 Å². The summed E-state index contributed by atoms with van der Waals surface area (Å²) in [6.07, 6.45) is 2.17. The Morgan fingerprint density at radius 1 is 1.33 bits per heavy atom. The number of aromatic nitrogens is 1. The zero-order valence-corrected chi connectivity index (χ0v) is 14.3. The highest BCUT2D eigenvalue weighted by molar-refractivity contribution is 6.33. The van der Waals surface area contributed by atoms with Crippen LogP contribution in [0.5, 0.6) is 0 Å². The number of likely N-dealkylation sites (tertiary alicyclic amines) is 1. The van der Waals surface area contributed by atoms with Crippen molar-refractivity contribution < 1.29 is 9.32 Å². The van der Waals surface area contributed by atoms with Gasteiger partial charge >= 0.3 is 0 Å². The van der Waals surface area contributed by atoms with Crippen molar-refractivity contribution in [2.75, 3.05) is 13.1 Å². The van der Waals surface area contributed by atoms with Crippen LogP contribution in [-0.4, -0.2) is 35.1 Å². The van der Waals surface area contributed by atoms with E-state index in [9.17, 15) is 4.79 Å². The van der Waals surface area contributed by atoms with Crippen molar-refractivity contribution in [2.45, 2.75) is 25.8 Å². The summed E-state index contributed by atoms with van der Waals surface area (Å²) < 4.78 is 5.32. The molecule has 1 saturated carbocycles. The van der Waals surface area contributed by atoms with Crippen LogP contribution in [0.15, 0.2) is 28.8 Å². The molecule has 2 heterocycles. The first-order valence-electron chi connectivity index (χ1n) is 8.32. The number of carbonyl (C=O) groups is 1. The number of amides is 1. The lowest BCUT2D eigenvalue weighted by molar-refractivity contribution is 0.0778. The molecule has 1 aliphatic carbocycles. The largest absolute Gasteiger partial charge is 0.360 e. The fraction of sp³-hybridized carbons (Fsp3) is 0.444. The van der Waals surface area contributed by atoms with Crippen LogP contribution in [0.4, 0.5) is 0 Å². The van der Waals surface area contributed by atoms with Crippen LogP contribution in [0, 0.1) is 18.8 Å². The Kier molecular flexibility index (Phi) is 3.85. The summed E-state index contributed by atoms with van der Waals surface area (Å²) in [5, 5.41) is 4.65.